The van der Waals surface area contributed by atoms with E-state index >= 15 is 0 Å². The second kappa shape index (κ2) is 13.2. The number of hydrogen-bond donors (Lipinski definition) is 3. The third-order valence-corrected chi connectivity index (χ3v) is 4.52. The molecule has 0 aromatic heterocycles. The van der Waals surface area contributed by atoms with Gasteiger partial charge in [-0.05, 0) is 62.6 Å². The molecule has 0 radical (unpaired) electrons. The molecule has 168 valence electrons. The fraction of sp³-hybridized carbons (Fsp3) is 0.417. The number of ether oxygens (including phenoxy) is 2. The maximum atomic E-state index is 11.6. The summed E-state index contributed by atoms with van der Waals surface area (Å²) in [6.07, 6.45) is 0.831. The van der Waals surface area contributed by atoms with Gasteiger partial charge in [0.15, 0.2) is 17.5 Å². The first kappa shape index (κ1) is 24.1. The first-order valence-corrected chi connectivity index (χ1v) is 10.8. The summed E-state index contributed by atoms with van der Waals surface area (Å²) < 4.78 is 11.3. The lowest BCUT2D eigenvalue weighted by Gasteiger charge is -2.14. The lowest BCUT2D eigenvalue weighted by atomic mass is 10.1. The Bertz CT molecular complexity index is 850. The van der Waals surface area contributed by atoms with E-state index in [1.165, 1.54) is 5.56 Å². The molecule has 7 nitrogen and oxygen atoms in total. The van der Waals surface area contributed by atoms with E-state index in [0.29, 0.717) is 25.3 Å². The number of carbonyl (C=O) groups excluding carboxylic acids is 1. The van der Waals surface area contributed by atoms with E-state index in [9.17, 15) is 4.79 Å². The number of carbonyl (C=O) groups is 1. The van der Waals surface area contributed by atoms with E-state index < -0.39 is 0 Å². The van der Waals surface area contributed by atoms with E-state index in [1.807, 2.05) is 57.2 Å². The van der Waals surface area contributed by atoms with Crippen LogP contribution in [0.25, 0.3) is 0 Å². The van der Waals surface area contributed by atoms with Crippen LogP contribution in [0.3, 0.4) is 0 Å². The van der Waals surface area contributed by atoms with E-state index in [0.717, 1.165) is 42.5 Å². The van der Waals surface area contributed by atoms with Crippen molar-refractivity contribution >= 4 is 11.9 Å². The van der Waals surface area contributed by atoms with E-state index in [1.54, 1.807) is 7.05 Å². The molecule has 0 aliphatic heterocycles. The second-order valence-electron chi connectivity index (χ2n) is 6.80. The van der Waals surface area contributed by atoms with Gasteiger partial charge < -0.3 is 25.4 Å². The Kier molecular flexibility index (Phi) is 10.2. The molecule has 2 aromatic carbocycles. The van der Waals surface area contributed by atoms with Crippen molar-refractivity contribution in [3.05, 3.63) is 59.2 Å². The highest BCUT2D eigenvalue weighted by atomic mass is 16.5. The van der Waals surface area contributed by atoms with Crippen molar-refractivity contribution in [2.24, 2.45) is 4.99 Å². The summed E-state index contributed by atoms with van der Waals surface area (Å²) >= 11 is 0. The Hall–Kier alpha value is -3.22. The molecule has 7 heteroatoms. The summed E-state index contributed by atoms with van der Waals surface area (Å²) in [5.74, 6) is 2.22. The maximum absolute atomic E-state index is 11.6. The van der Waals surface area contributed by atoms with Crippen LogP contribution in [-0.4, -0.2) is 45.2 Å². The number of nitrogens with zero attached hydrogens (tertiary/aromatic N) is 1. The molecule has 1 amide bonds. The van der Waals surface area contributed by atoms with Crippen LogP contribution in [-0.2, 0) is 13.0 Å². The molecule has 3 N–H and O–H groups in total. The third kappa shape index (κ3) is 7.85. The Balaban J connectivity index is 1.94. The van der Waals surface area contributed by atoms with Crippen LogP contribution in [0.15, 0.2) is 47.5 Å². The van der Waals surface area contributed by atoms with Crippen molar-refractivity contribution in [3.8, 4) is 11.5 Å². The van der Waals surface area contributed by atoms with E-state index in [-0.39, 0.29) is 5.91 Å². The molecule has 2 rings (SSSR count). The van der Waals surface area contributed by atoms with Crippen molar-refractivity contribution in [3.63, 3.8) is 0 Å². The van der Waals surface area contributed by atoms with Crippen molar-refractivity contribution in [1.29, 1.82) is 0 Å². The number of hydrogen-bond acceptors (Lipinski definition) is 4. The quantitative estimate of drug-likeness (QED) is 0.380. The predicted molar refractivity (Wildman–Crippen MR) is 125 cm³/mol. The molecule has 0 heterocycles. The number of amides is 1. The van der Waals surface area contributed by atoms with Gasteiger partial charge in [-0.3, -0.25) is 4.79 Å². The second-order valence-corrected chi connectivity index (χ2v) is 6.80. The summed E-state index contributed by atoms with van der Waals surface area (Å²) in [5, 5.41) is 9.26. The molecular formula is C24H34N4O3. The van der Waals surface area contributed by atoms with Gasteiger partial charge in [0.1, 0.15) is 0 Å². The number of rotatable bonds is 11. The minimum absolute atomic E-state index is 0.0909. The molecular weight excluding hydrogens is 392 g/mol. The Morgan fingerprint density at radius 2 is 1.58 bits per heavy atom. The van der Waals surface area contributed by atoms with Crippen LogP contribution in [0, 0.1) is 0 Å². The van der Waals surface area contributed by atoms with Crippen LogP contribution in [0.2, 0.25) is 0 Å². The normalized spacial score (nSPS) is 11.0. The summed E-state index contributed by atoms with van der Waals surface area (Å²) in [6.45, 7) is 9.22. The van der Waals surface area contributed by atoms with Crippen molar-refractivity contribution < 1.29 is 14.3 Å². The van der Waals surface area contributed by atoms with Gasteiger partial charge in [0.2, 0.25) is 0 Å². The molecule has 0 bridgehead atoms. The van der Waals surface area contributed by atoms with Gasteiger partial charge >= 0.3 is 0 Å². The zero-order valence-electron chi connectivity index (χ0n) is 19.0. The first-order valence-electron chi connectivity index (χ1n) is 10.8. The van der Waals surface area contributed by atoms with Crippen LogP contribution in [0.5, 0.6) is 11.5 Å². The molecule has 0 saturated carbocycles. The zero-order chi connectivity index (χ0) is 22.5. The predicted octanol–water partition coefficient (Wildman–Crippen LogP) is 3.14. The average molecular weight is 427 g/mol. The minimum Gasteiger partial charge on any atom is -0.490 e. The van der Waals surface area contributed by atoms with Crippen molar-refractivity contribution in [2.75, 3.05) is 33.4 Å². The van der Waals surface area contributed by atoms with E-state index in [2.05, 4.69) is 27.0 Å². The Labute approximate surface area is 185 Å². The summed E-state index contributed by atoms with van der Waals surface area (Å²) in [4.78, 5) is 16.3. The molecule has 2 aromatic rings. The van der Waals surface area contributed by atoms with E-state index in [4.69, 9.17) is 9.47 Å². The molecule has 31 heavy (non-hydrogen) atoms. The molecule has 0 saturated heterocycles. The summed E-state index contributed by atoms with van der Waals surface area (Å²) in [7, 11) is 1.62. The van der Waals surface area contributed by atoms with Gasteiger partial charge in [-0.15, -0.1) is 0 Å². The molecule has 0 aliphatic rings. The van der Waals surface area contributed by atoms with Gasteiger partial charge in [0.05, 0.1) is 19.8 Å². The minimum atomic E-state index is -0.0909. The number of aliphatic imine (C=N–C) groups is 1. The SMILES string of the molecule is CCNC(=NCc1ccc(C(=O)NC)cc1)NCCc1ccc(OCC)c(OCC)c1. The molecule has 0 atom stereocenters. The molecule has 0 unspecified atom stereocenters. The number of nitrogens with one attached hydrogen (secondary N) is 3. The number of guanidine groups is 1. The first-order chi connectivity index (χ1) is 15.1. The maximum Gasteiger partial charge on any atom is 0.251 e. The largest absolute Gasteiger partial charge is 0.490 e. The van der Waals surface area contributed by atoms with Crippen molar-refractivity contribution in [2.45, 2.75) is 33.7 Å². The van der Waals surface area contributed by atoms with Crippen LogP contribution in [0.1, 0.15) is 42.3 Å². The highest BCUT2D eigenvalue weighted by Gasteiger charge is 2.07. The van der Waals surface area contributed by atoms with Crippen molar-refractivity contribution in [1.82, 2.24) is 16.0 Å². The molecule has 0 spiro atoms. The zero-order valence-corrected chi connectivity index (χ0v) is 19.0. The van der Waals surface area contributed by atoms with Crippen LogP contribution < -0.4 is 25.4 Å². The average Bonchev–Trinajstić information content (AvgIpc) is 2.79. The fourth-order valence-electron chi connectivity index (χ4n) is 2.99. The fourth-order valence-corrected chi connectivity index (χ4v) is 2.99. The lowest BCUT2D eigenvalue weighted by Crippen LogP contribution is -2.38. The van der Waals surface area contributed by atoms with Gasteiger partial charge in [-0.1, -0.05) is 18.2 Å². The van der Waals surface area contributed by atoms with Gasteiger partial charge in [-0.25, -0.2) is 4.99 Å². The van der Waals surface area contributed by atoms with Gasteiger partial charge in [-0.2, -0.15) is 0 Å². The Morgan fingerprint density at radius 3 is 2.23 bits per heavy atom. The van der Waals surface area contributed by atoms with Crippen LogP contribution >= 0.6 is 0 Å². The summed E-state index contributed by atoms with van der Waals surface area (Å²) in [5.41, 5.74) is 2.85. The monoisotopic (exact) mass is 426 g/mol. The topological polar surface area (TPSA) is 84.0 Å². The summed E-state index contributed by atoms with van der Waals surface area (Å²) in [6, 6.07) is 13.5. The highest BCUT2D eigenvalue weighted by molar-refractivity contribution is 5.93. The van der Waals surface area contributed by atoms with Gasteiger partial charge in [0, 0.05) is 25.7 Å². The van der Waals surface area contributed by atoms with Crippen LogP contribution in [0.4, 0.5) is 0 Å². The third-order valence-electron chi connectivity index (χ3n) is 4.52. The standard InChI is InChI=1S/C24H34N4O3/c1-5-26-24(28-17-19-8-11-20(12-9-19)23(29)25-4)27-15-14-18-10-13-21(30-6-2)22(16-18)31-7-3/h8-13,16H,5-7,14-15,17H2,1-4H3,(H,25,29)(H2,26,27,28). The molecule has 0 aliphatic carbocycles. The number of benzene rings is 2. The lowest BCUT2D eigenvalue weighted by molar-refractivity contribution is 0.0963. The molecule has 0 fully saturated rings. The highest BCUT2D eigenvalue weighted by Crippen LogP contribution is 2.28. The Morgan fingerprint density at radius 1 is 0.903 bits per heavy atom. The van der Waals surface area contributed by atoms with Gasteiger partial charge in [0.25, 0.3) is 5.91 Å². The smallest absolute Gasteiger partial charge is 0.251 e.